The zero-order chi connectivity index (χ0) is 11.8. The second-order valence-corrected chi connectivity index (χ2v) is 3.78. The lowest BCUT2D eigenvalue weighted by Crippen LogP contribution is -2.27. The summed E-state index contributed by atoms with van der Waals surface area (Å²) in [4.78, 5) is 11.4. The molecule has 16 heavy (non-hydrogen) atoms. The third kappa shape index (κ3) is 4.75. The number of nitrogens with one attached hydrogen (secondary N) is 1. The molecule has 0 aliphatic rings. The van der Waals surface area contributed by atoms with Crippen molar-refractivity contribution >= 4 is 12.0 Å². The van der Waals surface area contributed by atoms with Gasteiger partial charge in [-0.3, -0.25) is 4.79 Å². The molecule has 1 amide bonds. The van der Waals surface area contributed by atoms with Crippen molar-refractivity contribution in [3.8, 4) is 0 Å². The van der Waals surface area contributed by atoms with Gasteiger partial charge in [-0.2, -0.15) is 0 Å². The summed E-state index contributed by atoms with van der Waals surface area (Å²) in [6.45, 7) is 2.46. The first kappa shape index (κ1) is 12.5. The molecule has 0 bridgehead atoms. The van der Waals surface area contributed by atoms with E-state index < -0.39 is 0 Å². The van der Waals surface area contributed by atoms with Crippen LogP contribution in [0.3, 0.4) is 0 Å². The van der Waals surface area contributed by atoms with Crippen LogP contribution >= 0.6 is 0 Å². The number of aliphatic hydroxyl groups excluding tert-OH is 1. The van der Waals surface area contributed by atoms with E-state index in [1.54, 1.807) is 6.08 Å². The quantitative estimate of drug-likeness (QED) is 0.736. The first-order valence-electron chi connectivity index (χ1n) is 5.34. The Balaban J connectivity index is 2.37. The molecule has 1 unspecified atom stereocenters. The van der Waals surface area contributed by atoms with Gasteiger partial charge in [-0.25, -0.2) is 0 Å². The Morgan fingerprint density at radius 2 is 2.12 bits per heavy atom. The minimum absolute atomic E-state index is 0.0860. The number of carbonyl (C=O) groups excluding carboxylic acids is 1. The van der Waals surface area contributed by atoms with Gasteiger partial charge in [0.1, 0.15) is 0 Å². The van der Waals surface area contributed by atoms with E-state index in [1.807, 2.05) is 37.3 Å². The van der Waals surface area contributed by atoms with Gasteiger partial charge in [0.2, 0.25) is 5.91 Å². The lowest BCUT2D eigenvalue weighted by atomic mass is 10.2. The number of rotatable bonds is 5. The van der Waals surface area contributed by atoms with Crippen molar-refractivity contribution in [2.45, 2.75) is 6.92 Å². The van der Waals surface area contributed by atoms with Crippen molar-refractivity contribution in [2.75, 3.05) is 13.2 Å². The van der Waals surface area contributed by atoms with E-state index in [0.29, 0.717) is 6.54 Å². The van der Waals surface area contributed by atoms with Crippen molar-refractivity contribution in [3.63, 3.8) is 0 Å². The highest BCUT2D eigenvalue weighted by atomic mass is 16.3. The largest absolute Gasteiger partial charge is 0.396 e. The highest BCUT2D eigenvalue weighted by Gasteiger charge is 2.00. The molecule has 0 aliphatic carbocycles. The van der Waals surface area contributed by atoms with E-state index in [2.05, 4.69) is 5.32 Å². The highest BCUT2D eigenvalue weighted by molar-refractivity contribution is 5.91. The third-order valence-corrected chi connectivity index (χ3v) is 2.16. The van der Waals surface area contributed by atoms with Gasteiger partial charge < -0.3 is 10.4 Å². The molecule has 2 N–H and O–H groups in total. The minimum atomic E-state index is -0.135. The Bertz CT molecular complexity index is 346. The molecule has 1 aromatic carbocycles. The van der Waals surface area contributed by atoms with E-state index in [9.17, 15) is 4.79 Å². The van der Waals surface area contributed by atoms with E-state index in [1.165, 1.54) is 6.08 Å². The molecule has 1 aromatic rings. The normalized spacial score (nSPS) is 12.6. The SMILES string of the molecule is CC(CO)CNC(=O)C=Cc1ccccc1. The summed E-state index contributed by atoms with van der Waals surface area (Å²) in [7, 11) is 0. The van der Waals surface area contributed by atoms with Gasteiger partial charge in [-0.1, -0.05) is 37.3 Å². The van der Waals surface area contributed by atoms with Crippen LogP contribution in [0.25, 0.3) is 6.08 Å². The fourth-order valence-electron chi connectivity index (χ4n) is 1.13. The third-order valence-electron chi connectivity index (χ3n) is 2.16. The van der Waals surface area contributed by atoms with Crippen molar-refractivity contribution in [1.82, 2.24) is 5.32 Å². The summed E-state index contributed by atoms with van der Waals surface area (Å²) in [6, 6.07) is 9.64. The van der Waals surface area contributed by atoms with Crippen LogP contribution in [0.1, 0.15) is 12.5 Å². The predicted octanol–water partition coefficient (Wildman–Crippen LogP) is 1.44. The van der Waals surface area contributed by atoms with Crippen LogP contribution in [0.5, 0.6) is 0 Å². The summed E-state index contributed by atoms with van der Waals surface area (Å²) in [6.07, 6.45) is 3.26. The van der Waals surface area contributed by atoms with Crippen LogP contribution < -0.4 is 5.32 Å². The topological polar surface area (TPSA) is 49.3 Å². The van der Waals surface area contributed by atoms with Gasteiger partial charge in [0.25, 0.3) is 0 Å². The molecule has 0 fully saturated rings. The molecule has 1 atom stereocenters. The summed E-state index contributed by atoms with van der Waals surface area (Å²) < 4.78 is 0. The van der Waals surface area contributed by atoms with Crippen molar-refractivity contribution < 1.29 is 9.90 Å². The predicted molar refractivity (Wildman–Crippen MR) is 64.7 cm³/mol. The Morgan fingerprint density at radius 3 is 2.75 bits per heavy atom. The van der Waals surface area contributed by atoms with Crippen LogP contribution in [-0.2, 0) is 4.79 Å². The average Bonchev–Trinajstić information content (AvgIpc) is 2.34. The first-order valence-corrected chi connectivity index (χ1v) is 5.34. The second kappa shape index (κ2) is 6.80. The molecule has 0 aliphatic heterocycles. The number of aliphatic hydroxyl groups is 1. The summed E-state index contributed by atoms with van der Waals surface area (Å²) in [5, 5.41) is 11.5. The fourth-order valence-corrected chi connectivity index (χ4v) is 1.13. The lowest BCUT2D eigenvalue weighted by molar-refractivity contribution is -0.116. The van der Waals surface area contributed by atoms with Gasteiger partial charge in [0.15, 0.2) is 0 Å². The molecule has 0 spiro atoms. The zero-order valence-electron chi connectivity index (χ0n) is 9.39. The van der Waals surface area contributed by atoms with Gasteiger partial charge >= 0.3 is 0 Å². The lowest BCUT2D eigenvalue weighted by Gasteiger charge is -2.07. The van der Waals surface area contributed by atoms with Crippen LogP contribution in [0.15, 0.2) is 36.4 Å². The molecule has 0 saturated carbocycles. The molecule has 0 saturated heterocycles. The molecule has 3 heteroatoms. The molecule has 3 nitrogen and oxygen atoms in total. The van der Waals surface area contributed by atoms with Crippen molar-refractivity contribution in [2.24, 2.45) is 5.92 Å². The molecular formula is C13H17NO2. The number of benzene rings is 1. The van der Waals surface area contributed by atoms with Crippen LogP contribution in [0.4, 0.5) is 0 Å². The molecule has 0 heterocycles. The number of hydrogen-bond acceptors (Lipinski definition) is 2. The number of carbonyl (C=O) groups is 1. The Labute approximate surface area is 95.8 Å². The van der Waals surface area contributed by atoms with E-state index in [-0.39, 0.29) is 18.4 Å². The average molecular weight is 219 g/mol. The van der Waals surface area contributed by atoms with Crippen molar-refractivity contribution in [3.05, 3.63) is 42.0 Å². The summed E-state index contributed by atoms with van der Waals surface area (Å²) >= 11 is 0. The maximum atomic E-state index is 11.4. The van der Waals surface area contributed by atoms with Gasteiger partial charge in [-0.15, -0.1) is 0 Å². The van der Waals surface area contributed by atoms with Crippen LogP contribution in [0, 0.1) is 5.92 Å². The maximum absolute atomic E-state index is 11.4. The van der Waals surface area contributed by atoms with Gasteiger partial charge in [0.05, 0.1) is 0 Å². The molecule has 86 valence electrons. The minimum Gasteiger partial charge on any atom is -0.396 e. The number of amides is 1. The smallest absolute Gasteiger partial charge is 0.244 e. The standard InChI is InChI=1S/C13H17NO2/c1-11(10-15)9-14-13(16)8-7-12-5-3-2-4-6-12/h2-8,11,15H,9-10H2,1H3,(H,14,16). The zero-order valence-corrected chi connectivity index (χ0v) is 9.39. The monoisotopic (exact) mass is 219 g/mol. The Hall–Kier alpha value is -1.61. The number of hydrogen-bond donors (Lipinski definition) is 2. The molecule has 0 aromatic heterocycles. The first-order chi connectivity index (χ1) is 7.72. The molecular weight excluding hydrogens is 202 g/mol. The summed E-state index contributed by atoms with van der Waals surface area (Å²) in [5.41, 5.74) is 0.993. The van der Waals surface area contributed by atoms with E-state index >= 15 is 0 Å². The summed E-state index contributed by atoms with van der Waals surface area (Å²) in [5.74, 6) is -0.0433. The van der Waals surface area contributed by atoms with Gasteiger partial charge in [-0.05, 0) is 17.6 Å². The Kier molecular flexibility index (Phi) is 5.29. The van der Waals surface area contributed by atoms with Gasteiger partial charge in [0, 0.05) is 19.2 Å². The molecule has 0 radical (unpaired) electrons. The maximum Gasteiger partial charge on any atom is 0.244 e. The van der Waals surface area contributed by atoms with Crippen LogP contribution in [-0.4, -0.2) is 24.2 Å². The van der Waals surface area contributed by atoms with E-state index in [0.717, 1.165) is 5.56 Å². The van der Waals surface area contributed by atoms with Crippen LogP contribution in [0.2, 0.25) is 0 Å². The van der Waals surface area contributed by atoms with Crippen molar-refractivity contribution in [1.29, 1.82) is 0 Å². The highest BCUT2D eigenvalue weighted by Crippen LogP contribution is 2.00. The molecule has 1 rings (SSSR count). The second-order valence-electron chi connectivity index (χ2n) is 3.78. The fraction of sp³-hybridized carbons (Fsp3) is 0.308. The Morgan fingerprint density at radius 1 is 1.44 bits per heavy atom. The van der Waals surface area contributed by atoms with E-state index in [4.69, 9.17) is 5.11 Å².